The quantitative estimate of drug-likeness (QED) is 0.546. The molecule has 0 amide bonds. The fourth-order valence-corrected chi connectivity index (χ4v) is 1.72. The van der Waals surface area contributed by atoms with Gasteiger partial charge in [0, 0.05) is 6.61 Å². The van der Waals surface area contributed by atoms with E-state index in [0.717, 1.165) is 18.9 Å². The van der Waals surface area contributed by atoms with Gasteiger partial charge in [0.1, 0.15) is 18.5 Å². The van der Waals surface area contributed by atoms with Gasteiger partial charge in [0.2, 0.25) is 0 Å². The van der Waals surface area contributed by atoms with Gasteiger partial charge < -0.3 is 20.3 Å². The summed E-state index contributed by atoms with van der Waals surface area (Å²) in [7, 11) is 0. The molecule has 1 fully saturated rings. The maximum absolute atomic E-state index is 9.69. The number of para-hydroxylation sites is 2. The van der Waals surface area contributed by atoms with Crippen LogP contribution < -0.4 is 10.5 Å². The maximum Gasteiger partial charge on any atom is 0.142 e. The van der Waals surface area contributed by atoms with Crippen molar-refractivity contribution in [2.45, 2.75) is 25.4 Å². The average Bonchev–Trinajstić information content (AvgIpc) is 3.18. The van der Waals surface area contributed by atoms with Crippen LogP contribution in [0, 0.1) is 5.92 Å². The largest absolute Gasteiger partial charge is 0.489 e. The van der Waals surface area contributed by atoms with Crippen molar-refractivity contribution in [3.05, 3.63) is 24.3 Å². The predicted octanol–water partition coefficient (Wildman–Crippen LogP) is 1.83. The van der Waals surface area contributed by atoms with Crippen LogP contribution in [-0.4, -0.2) is 31.0 Å². The highest BCUT2D eigenvalue weighted by atomic mass is 16.5. The summed E-state index contributed by atoms with van der Waals surface area (Å²) in [4.78, 5) is 0. The van der Waals surface area contributed by atoms with Gasteiger partial charge >= 0.3 is 0 Å². The van der Waals surface area contributed by atoms with Crippen molar-refractivity contribution in [3.8, 4) is 5.75 Å². The molecule has 1 aliphatic rings. The van der Waals surface area contributed by atoms with E-state index in [1.54, 1.807) is 12.1 Å². The molecule has 0 aliphatic heterocycles. The topological polar surface area (TPSA) is 64.7 Å². The lowest BCUT2D eigenvalue weighted by atomic mass is 10.3. The van der Waals surface area contributed by atoms with Crippen LogP contribution in [-0.2, 0) is 4.74 Å². The van der Waals surface area contributed by atoms with E-state index in [1.165, 1.54) is 12.8 Å². The van der Waals surface area contributed by atoms with Gasteiger partial charge in [-0.2, -0.15) is 0 Å². The highest BCUT2D eigenvalue weighted by Crippen LogP contribution is 2.32. The second kappa shape index (κ2) is 6.61. The van der Waals surface area contributed by atoms with Crippen LogP contribution in [0.15, 0.2) is 24.3 Å². The summed E-state index contributed by atoms with van der Waals surface area (Å²) in [6.07, 6.45) is 3.17. The average molecular weight is 251 g/mol. The summed E-state index contributed by atoms with van der Waals surface area (Å²) in [6.45, 7) is 1.26. The van der Waals surface area contributed by atoms with Crippen LogP contribution in [0.2, 0.25) is 0 Å². The Labute approximate surface area is 108 Å². The fraction of sp³-hybridized carbons (Fsp3) is 0.571. The summed E-state index contributed by atoms with van der Waals surface area (Å²) >= 11 is 0. The lowest BCUT2D eigenvalue weighted by Gasteiger charge is -2.13. The van der Waals surface area contributed by atoms with E-state index in [4.69, 9.17) is 15.2 Å². The third kappa shape index (κ3) is 4.55. The van der Waals surface area contributed by atoms with E-state index >= 15 is 0 Å². The Kier molecular flexibility index (Phi) is 4.84. The van der Waals surface area contributed by atoms with E-state index in [0.29, 0.717) is 18.0 Å². The number of hydrogen-bond acceptors (Lipinski definition) is 4. The SMILES string of the molecule is Nc1ccccc1OCC(O)COCCC1CC1. The Bertz CT molecular complexity index is 366. The summed E-state index contributed by atoms with van der Waals surface area (Å²) in [5, 5.41) is 9.69. The Balaban J connectivity index is 1.58. The predicted molar refractivity (Wildman–Crippen MR) is 70.5 cm³/mol. The highest BCUT2D eigenvalue weighted by Gasteiger charge is 2.20. The smallest absolute Gasteiger partial charge is 0.142 e. The summed E-state index contributed by atoms with van der Waals surface area (Å²) < 4.78 is 10.8. The molecule has 1 aliphatic carbocycles. The van der Waals surface area contributed by atoms with Gasteiger partial charge in [0.15, 0.2) is 0 Å². The molecular formula is C14H21NO3. The molecule has 0 aromatic heterocycles. The van der Waals surface area contributed by atoms with Gasteiger partial charge in [-0.05, 0) is 24.5 Å². The molecule has 1 aromatic carbocycles. The fourth-order valence-electron chi connectivity index (χ4n) is 1.72. The van der Waals surface area contributed by atoms with Gasteiger partial charge in [-0.1, -0.05) is 25.0 Å². The van der Waals surface area contributed by atoms with E-state index in [2.05, 4.69) is 0 Å². The molecule has 2 rings (SSSR count). The lowest BCUT2D eigenvalue weighted by molar-refractivity contribution is 0.0105. The van der Waals surface area contributed by atoms with Crippen LogP contribution in [0.3, 0.4) is 0 Å². The molecule has 0 saturated heterocycles. The molecular weight excluding hydrogens is 230 g/mol. The monoisotopic (exact) mass is 251 g/mol. The van der Waals surface area contributed by atoms with Gasteiger partial charge in [-0.3, -0.25) is 0 Å². The first kappa shape index (κ1) is 13.2. The van der Waals surface area contributed by atoms with Crippen molar-refractivity contribution >= 4 is 5.69 Å². The molecule has 4 nitrogen and oxygen atoms in total. The number of nitrogen functional groups attached to an aromatic ring is 1. The molecule has 100 valence electrons. The van der Waals surface area contributed by atoms with E-state index < -0.39 is 6.10 Å². The molecule has 1 aromatic rings. The standard InChI is InChI=1S/C14H21NO3/c15-13-3-1-2-4-14(13)18-10-12(16)9-17-8-7-11-5-6-11/h1-4,11-12,16H,5-10,15H2. The van der Waals surface area contributed by atoms with Crippen LogP contribution in [0.5, 0.6) is 5.75 Å². The van der Waals surface area contributed by atoms with Crippen molar-refractivity contribution in [2.24, 2.45) is 5.92 Å². The first-order valence-electron chi connectivity index (χ1n) is 6.49. The Morgan fingerprint density at radius 1 is 1.28 bits per heavy atom. The highest BCUT2D eigenvalue weighted by molar-refractivity contribution is 5.51. The van der Waals surface area contributed by atoms with E-state index in [-0.39, 0.29) is 6.61 Å². The number of nitrogens with two attached hydrogens (primary N) is 1. The van der Waals surface area contributed by atoms with E-state index in [1.807, 2.05) is 12.1 Å². The molecule has 0 spiro atoms. The zero-order chi connectivity index (χ0) is 12.8. The number of hydrogen-bond donors (Lipinski definition) is 2. The first-order valence-corrected chi connectivity index (χ1v) is 6.49. The van der Waals surface area contributed by atoms with Crippen molar-refractivity contribution in [1.82, 2.24) is 0 Å². The van der Waals surface area contributed by atoms with Crippen molar-refractivity contribution in [2.75, 3.05) is 25.6 Å². The Hall–Kier alpha value is -1.26. The minimum Gasteiger partial charge on any atom is -0.489 e. The lowest BCUT2D eigenvalue weighted by Crippen LogP contribution is -2.24. The number of anilines is 1. The van der Waals surface area contributed by atoms with Crippen LogP contribution in [0.25, 0.3) is 0 Å². The first-order chi connectivity index (χ1) is 8.75. The summed E-state index contributed by atoms with van der Waals surface area (Å²) in [5.41, 5.74) is 6.31. The summed E-state index contributed by atoms with van der Waals surface area (Å²) in [5.74, 6) is 1.47. The zero-order valence-corrected chi connectivity index (χ0v) is 10.5. The molecule has 4 heteroatoms. The van der Waals surface area contributed by atoms with Gasteiger partial charge in [0.25, 0.3) is 0 Å². The van der Waals surface area contributed by atoms with Crippen LogP contribution in [0.1, 0.15) is 19.3 Å². The molecule has 0 radical (unpaired) electrons. The molecule has 1 unspecified atom stereocenters. The molecule has 0 heterocycles. The molecule has 1 saturated carbocycles. The number of rotatable bonds is 8. The van der Waals surface area contributed by atoms with E-state index in [9.17, 15) is 5.11 Å². The third-order valence-electron chi connectivity index (χ3n) is 3.03. The van der Waals surface area contributed by atoms with Crippen molar-refractivity contribution in [1.29, 1.82) is 0 Å². The minimum atomic E-state index is -0.608. The molecule has 3 N–H and O–H groups in total. The van der Waals surface area contributed by atoms with Crippen molar-refractivity contribution < 1.29 is 14.6 Å². The number of ether oxygens (including phenoxy) is 2. The number of aliphatic hydroxyl groups is 1. The molecule has 1 atom stereocenters. The molecule has 0 bridgehead atoms. The van der Waals surface area contributed by atoms with Gasteiger partial charge in [0.05, 0.1) is 12.3 Å². The zero-order valence-electron chi connectivity index (χ0n) is 10.5. The molecule has 18 heavy (non-hydrogen) atoms. The third-order valence-corrected chi connectivity index (χ3v) is 3.03. The second-order valence-electron chi connectivity index (χ2n) is 4.81. The van der Waals surface area contributed by atoms with Gasteiger partial charge in [-0.15, -0.1) is 0 Å². The summed E-state index contributed by atoms with van der Waals surface area (Å²) in [6, 6.07) is 7.26. The van der Waals surface area contributed by atoms with Crippen LogP contribution in [0.4, 0.5) is 5.69 Å². The van der Waals surface area contributed by atoms with Crippen LogP contribution >= 0.6 is 0 Å². The van der Waals surface area contributed by atoms with Crippen molar-refractivity contribution in [3.63, 3.8) is 0 Å². The maximum atomic E-state index is 9.69. The van der Waals surface area contributed by atoms with Gasteiger partial charge in [-0.25, -0.2) is 0 Å². The normalized spacial score (nSPS) is 16.5. The minimum absolute atomic E-state index is 0.206. The number of benzene rings is 1. The number of aliphatic hydroxyl groups excluding tert-OH is 1. The second-order valence-corrected chi connectivity index (χ2v) is 4.81. The Morgan fingerprint density at radius 2 is 2.06 bits per heavy atom. The Morgan fingerprint density at radius 3 is 2.78 bits per heavy atom.